The normalized spacial score (nSPS) is 13.3. The monoisotopic (exact) mass is 285 g/mol. The zero-order chi connectivity index (χ0) is 15.1. The highest BCUT2D eigenvalue weighted by Crippen LogP contribution is 2.15. The molecule has 0 heterocycles. The number of nitrogens with one attached hydrogen (secondary N) is 1. The Morgan fingerprint density at radius 3 is 2.60 bits per heavy atom. The predicted molar refractivity (Wildman–Crippen MR) is 67.8 cm³/mol. The Balaban J connectivity index is 2.40. The summed E-state index contributed by atoms with van der Waals surface area (Å²) in [6.45, 7) is 1.16. The van der Waals surface area contributed by atoms with Gasteiger partial charge in [-0.05, 0) is 19.1 Å². The van der Waals surface area contributed by atoms with Crippen molar-refractivity contribution in [2.75, 3.05) is 6.61 Å². The molecule has 0 bridgehead atoms. The topological polar surface area (TPSA) is 95.9 Å². The van der Waals surface area contributed by atoms with Gasteiger partial charge in [0.15, 0.2) is 17.6 Å². The molecule has 20 heavy (non-hydrogen) atoms. The Kier molecular flexibility index (Phi) is 5.92. The second-order valence-electron chi connectivity index (χ2n) is 4.15. The summed E-state index contributed by atoms with van der Waals surface area (Å²) >= 11 is 0. The van der Waals surface area contributed by atoms with Crippen LogP contribution in [0.4, 0.5) is 4.39 Å². The predicted octanol–water partition coefficient (Wildman–Crippen LogP) is 0.545. The van der Waals surface area contributed by atoms with Crippen LogP contribution in [0.15, 0.2) is 24.3 Å². The number of halogens is 1. The van der Waals surface area contributed by atoms with Gasteiger partial charge in [-0.2, -0.15) is 0 Å². The number of ether oxygens (including phenoxy) is 1. The van der Waals surface area contributed by atoms with Crippen molar-refractivity contribution in [1.82, 2.24) is 5.32 Å². The summed E-state index contributed by atoms with van der Waals surface area (Å²) in [5.74, 6) is -2.45. The van der Waals surface area contributed by atoms with Crippen LogP contribution in [0.5, 0.6) is 5.75 Å². The van der Waals surface area contributed by atoms with Crippen molar-refractivity contribution in [3.05, 3.63) is 30.1 Å². The molecule has 0 radical (unpaired) electrons. The van der Waals surface area contributed by atoms with Gasteiger partial charge in [-0.1, -0.05) is 12.1 Å². The van der Waals surface area contributed by atoms with E-state index in [-0.39, 0.29) is 18.8 Å². The lowest BCUT2D eigenvalue weighted by atomic mass is 10.2. The number of carboxylic acids is 1. The molecule has 6 nitrogen and oxygen atoms in total. The van der Waals surface area contributed by atoms with Crippen molar-refractivity contribution in [3.63, 3.8) is 0 Å². The largest absolute Gasteiger partial charge is 0.490 e. The second-order valence-corrected chi connectivity index (χ2v) is 4.15. The molecule has 1 rings (SSSR count). The first-order chi connectivity index (χ1) is 9.41. The molecule has 0 saturated heterocycles. The molecular weight excluding hydrogens is 269 g/mol. The summed E-state index contributed by atoms with van der Waals surface area (Å²) < 4.78 is 18.3. The lowest BCUT2D eigenvalue weighted by molar-refractivity contribution is -0.144. The summed E-state index contributed by atoms with van der Waals surface area (Å²) in [4.78, 5) is 22.2. The van der Waals surface area contributed by atoms with E-state index in [0.29, 0.717) is 0 Å². The molecule has 7 heteroatoms. The zero-order valence-corrected chi connectivity index (χ0v) is 10.9. The molecule has 1 aromatic carbocycles. The highest BCUT2D eigenvalue weighted by atomic mass is 19.1. The average molecular weight is 285 g/mol. The molecule has 2 atom stereocenters. The Morgan fingerprint density at radius 2 is 2.05 bits per heavy atom. The van der Waals surface area contributed by atoms with Crippen LogP contribution in [0.3, 0.4) is 0 Å². The Labute approximate surface area is 115 Å². The third-order valence-corrected chi connectivity index (χ3v) is 2.49. The molecule has 0 aromatic heterocycles. The SMILES string of the molecule is CC(O)C(NC(=O)CCOc1ccccc1F)C(=O)O. The highest BCUT2D eigenvalue weighted by molar-refractivity contribution is 5.83. The van der Waals surface area contributed by atoms with Gasteiger partial charge in [-0.15, -0.1) is 0 Å². The number of aliphatic hydroxyl groups is 1. The summed E-state index contributed by atoms with van der Waals surface area (Å²) in [7, 11) is 0. The summed E-state index contributed by atoms with van der Waals surface area (Å²) in [6.07, 6.45) is -1.37. The van der Waals surface area contributed by atoms with Crippen molar-refractivity contribution in [1.29, 1.82) is 0 Å². The molecule has 0 saturated carbocycles. The highest BCUT2D eigenvalue weighted by Gasteiger charge is 2.24. The van der Waals surface area contributed by atoms with E-state index in [9.17, 15) is 19.1 Å². The lowest BCUT2D eigenvalue weighted by Crippen LogP contribution is -2.47. The third kappa shape index (κ3) is 4.85. The van der Waals surface area contributed by atoms with Crippen molar-refractivity contribution < 1.29 is 28.9 Å². The summed E-state index contributed by atoms with van der Waals surface area (Å²) in [5.41, 5.74) is 0. The van der Waals surface area contributed by atoms with E-state index < -0.39 is 29.8 Å². The molecule has 0 aliphatic heterocycles. The smallest absolute Gasteiger partial charge is 0.328 e. The quantitative estimate of drug-likeness (QED) is 0.679. The molecule has 2 unspecified atom stereocenters. The van der Waals surface area contributed by atoms with Crippen molar-refractivity contribution in [2.45, 2.75) is 25.5 Å². The first-order valence-electron chi connectivity index (χ1n) is 5.99. The van der Waals surface area contributed by atoms with Gasteiger partial charge in [-0.25, -0.2) is 9.18 Å². The van der Waals surface area contributed by atoms with Crippen molar-refractivity contribution >= 4 is 11.9 Å². The summed E-state index contributed by atoms with van der Waals surface area (Å²) in [5, 5.41) is 20.1. The van der Waals surface area contributed by atoms with Crippen LogP contribution in [0.2, 0.25) is 0 Å². The number of aliphatic hydroxyl groups excluding tert-OH is 1. The van der Waals surface area contributed by atoms with Crippen LogP contribution in [0, 0.1) is 5.82 Å². The fraction of sp³-hybridized carbons (Fsp3) is 0.385. The maximum atomic E-state index is 13.2. The number of para-hydroxylation sites is 1. The maximum absolute atomic E-state index is 13.2. The molecule has 0 fully saturated rings. The molecule has 3 N–H and O–H groups in total. The van der Waals surface area contributed by atoms with E-state index in [1.54, 1.807) is 6.07 Å². The van der Waals surface area contributed by atoms with Crippen LogP contribution >= 0.6 is 0 Å². The first kappa shape index (κ1) is 15.9. The fourth-order valence-corrected chi connectivity index (χ4v) is 1.45. The minimum atomic E-state index is -1.38. The minimum absolute atomic E-state index is 0.0191. The number of aliphatic carboxylic acids is 1. The van der Waals surface area contributed by atoms with E-state index in [1.807, 2.05) is 0 Å². The molecular formula is C13H16FNO5. The van der Waals surface area contributed by atoms with Gasteiger partial charge in [0.25, 0.3) is 0 Å². The van der Waals surface area contributed by atoms with Crippen LogP contribution < -0.4 is 10.1 Å². The molecule has 1 amide bonds. The van der Waals surface area contributed by atoms with E-state index in [0.717, 1.165) is 0 Å². The van der Waals surface area contributed by atoms with Gasteiger partial charge >= 0.3 is 5.97 Å². The van der Waals surface area contributed by atoms with Gasteiger partial charge in [0.1, 0.15) is 0 Å². The van der Waals surface area contributed by atoms with E-state index >= 15 is 0 Å². The molecule has 0 spiro atoms. The number of carbonyl (C=O) groups is 2. The van der Waals surface area contributed by atoms with Gasteiger partial charge in [-0.3, -0.25) is 4.79 Å². The number of hydrogen-bond acceptors (Lipinski definition) is 4. The Hall–Kier alpha value is -2.15. The van der Waals surface area contributed by atoms with E-state index in [4.69, 9.17) is 9.84 Å². The van der Waals surface area contributed by atoms with Gasteiger partial charge in [0.2, 0.25) is 5.91 Å². The zero-order valence-electron chi connectivity index (χ0n) is 10.9. The minimum Gasteiger partial charge on any atom is -0.490 e. The van der Waals surface area contributed by atoms with Crippen LogP contribution in [0.25, 0.3) is 0 Å². The Bertz CT molecular complexity index is 478. The maximum Gasteiger partial charge on any atom is 0.328 e. The number of benzene rings is 1. The second kappa shape index (κ2) is 7.44. The van der Waals surface area contributed by atoms with E-state index in [1.165, 1.54) is 25.1 Å². The van der Waals surface area contributed by atoms with Gasteiger partial charge in [0, 0.05) is 0 Å². The number of rotatable bonds is 7. The number of carboxylic acid groups (broad SMARTS) is 1. The van der Waals surface area contributed by atoms with Gasteiger partial charge in [0.05, 0.1) is 19.1 Å². The first-order valence-corrected chi connectivity index (χ1v) is 5.99. The van der Waals surface area contributed by atoms with Crippen LogP contribution in [-0.2, 0) is 9.59 Å². The number of hydrogen-bond donors (Lipinski definition) is 3. The number of amides is 1. The third-order valence-electron chi connectivity index (χ3n) is 2.49. The van der Waals surface area contributed by atoms with Crippen LogP contribution in [0.1, 0.15) is 13.3 Å². The molecule has 0 aliphatic carbocycles. The van der Waals surface area contributed by atoms with Gasteiger partial charge < -0.3 is 20.3 Å². The summed E-state index contributed by atoms with van der Waals surface area (Å²) in [6, 6.07) is 4.37. The molecule has 0 aliphatic rings. The van der Waals surface area contributed by atoms with Crippen molar-refractivity contribution in [2.24, 2.45) is 0 Å². The fourth-order valence-electron chi connectivity index (χ4n) is 1.45. The standard InChI is InChI=1S/C13H16FNO5/c1-8(16)12(13(18)19)15-11(17)6-7-20-10-5-3-2-4-9(10)14/h2-5,8,12,16H,6-7H2,1H3,(H,15,17)(H,18,19). The average Bonchev–Trinajstić information content (AvgIpc) is 2.37. The lowest BCUT2D eigenvalue weighted by Gasteiger charge is -2.17. The van der Waals surface area contributed by atoms with E-state index in [2.05, 4.69) is 5.32 Å². The Morgan fingerprint density at radius 1 is 1.40 bits per heavy atom. The van der Waals surface area contributed by atoms with Crippen LogP contribution in [-0.4, -0.2) is 40.8 Å². The molecule has 1 aromatic rings. The molecule has 110 valence electrons. The van der Waals surface area contributed by atoms with Crippen molar-refractivity contribution in [3.8, 4) is 5.75 Å². The number of carbonyl (C=O) groups excluding carboxylic acids is 1.